The number of alkyl halides is 3. The van der Waals surface area contributed by atoms with Crippen LogP contribution in [-0.4, -0.2) is 24.1 Å². The number of ether oxygens (including phenoxy) is 1. The minimum atomic E-state index is -4.81. The molecule has 0 amide bonds. The Hall–Kier alpha value is -5.20. The summed E-state index contributed by atoms with van der Waals surface area (Å²) in [6.07, 6.45) is 2.48. The van der Waals surface area contributed by atoms with Crippen molar-refractivity contribution in [1.82, 2.24) is 24.1 Å². The average molecular weight is 581 g/mol. The zero-order chi connectivity index (χ0) is 29.6. The second-order valence-electron chi connectivity index (χ2n) is 9.38. The molecule has 0 atom stereocenters. The lowest BCUT2D eigenvalue weighted by molar-refractivity contribution is -0.138. The molecule has 6 aromatic rings. The smallest absolute Gasteiger partial charge is 0.421 e. The van der Waals surface area contributed by atoms with Gasteiger partial charge in [0.1, 0.15) is 28.8 Å². The average Bonchev–Trinajstić information content (AvgIpc) is 3.35. The van der Waals surface area contributed by atoms with Crippen molar-refractivity contribution in [1.29, 1.82) is 0 Å². The lowest BCUT2D eigenvalue weighted by atomic mass is 10.1. The van der Waals surface area contributed by atoms with Gasteiger partial charge in [0.2, 0.25) is 5.88 Å². The molecule has 6 rings (SSSR count). The van der Waals surface area contributed by atoms with E-state index in [-0.39, 0.29) is 28.8 Å². The third kappa shape index (κ3) is 5.16. The van der Waals surface area contributed by atoms with Crippen molar-refractivity contribution in [3.05, 3.63) is 124 Å². The van der Waals surface area contributed by atoms with Crippen molar-refractivity contribution in [2.24, 2.45) is 0 Å². The second kappa shape index (κ2) is 10.3. The zero-order valence-corrected chi connectivity index (χ0v) is 21.2. The number of aromatic nitrogens is 5. The third-order valence-electron chi connectivity index (χ3n) is 6.61. The molecule has 4 aromatic heterocycles. The molecule has 0 spiro atoms. The van der Waals surface area contributed by atoms with Crippen molar-refractivity contribution in [3.63, 3.8) is 0 Å². The summed E-state index contributed by atoms with van der Waals surface area (Å²) in [7, 11) is 0. The molecule has 7 nitrogen and oxygen atoms in total. The number of halogens is 6. The highest BCUT2D eigenvalue weighted by Gasteiger charge is 2.36. The molecule has 0 saturated carbocycles. The van der Waals surface area contributed by atoms with Gasteiger partial charge >= 0.3 is 6.18 Å². The molecule has 212 valence electrons. The molecule has 0 fully saturated rings. The van der Waals surface area contributed by atoms with Gasteiger partial charge < -0.3 is 13.9 Å². The Morgan fingerprint density at radius 3 is 2.38 bits per heavy atom. The van der Waals surface area contributed by atoms with Crippen LogP contribution >= 0.6 is 0 Å². The van der Waals surface area contributed by atoms with Crippen LogP contribution in [0.1, 0.15) is 16.7 Å². The number of rotatable bonds is 6. The van der Waals surface area contributed by atoms with Crippen LogP contribution < -0.4 is 10.3 Å². The van der Waals surface area contributed by atoms with Crippen molar-refractivity contribution in [2.75, 3.05) is 0 Å². The Morgan fingerprint density at radius 2 is 1.62 bits per heavy atom. The Kier molecular flexibility index (Phi) is 6.64. The van der Waals surface area contributed by atoms with E-state index in [1.807, 2.05) is 0 Å². The third-order valence-corrected chi connectivity index (χ3v) is 6.61. The summed E-state index contributed by atoms with van der Waals surface area (Å²) in [4.78, 5) is 24.1. The van der Waals surface area contributed by atoms with E-state index in [2.05, 4.69) is 15.0 Å². The quantitative estimate of drug-likeness (QED) is 0.211. The maximum Gasteiger partial charge on any atom is 0.421 e. The standard InChI is InChI=1S/C29H17F6N5O2/c30-18-8-23(31)21(24(32)9-18)14-40-15-38-27(41)20-10-19(1-2-26(20)40)42-28-22(29(33,34)35)7-16(11-37-28)13-39-6-4-17-12-36-5-3-25(17)39/h1-12,15H,13-14H2. The van der Waals surface area contributed by atoms with Gasteiger partial charge in [-0.15, -0.1) is 0 Å². The fourth-order valence-corrected chi connectivity index (χ4v) is 4.63. The number of pyridine rings is 2. The minimum absolute atomic E-state index is 0.0860. The number of hydrogen-bond donors (Lipinski definition) is 0. The molecule has 0 aliphatic rings. The summed E-state index contributed by atoms with van der Waals surface area (Å²) in [5.74, 6) is -4.22. The first-order valence-electron chi connectivity index (χ1n) is 12.3. The molecule has 42 heavy (non-hydrogen) atoms. The molecule has 0 aliphatic carbocycles. The molecule has 13 heteroatoms. The summed E-state index contributed by atoms with van der Waals surface area (Å²) in [6, 6.07) is 9.32. The highest BCUT2D eigenvalue weighted by Crippen LogP contribution is 2.38. The van der Waals surface area contributed by atoms with E-state index in [9.17, 15) is 31.1 Å². The SMILES string of the molecule is O=c1ncn(Cc2c(F)cc(F)cc2F)c2ccc(Oc3ncc(Cn4ccc5cnccc54)cc3C(F)(F)F)cc12. The topological polar surface area (TPSA) is 74.8 Å². The van der Waals surface area contributed by atoms with Gasteiger partial charge in [-0.3, -0.25) is 9.78 Å². The van der Waals surface area contributed by atoms with Crippen molar-refractivity contribution in [2.45, 2.75) is 19.3 Å². The first-order valence-corrected chi connectivity index (χ1v) is 12.3. The molecule has 0 aliphatic heterocycles. The van der Waals surface area contributed by atoms with E-state index in [4.69, 9.17) is 4.74 Å². The van der Waals surface area contributed by atoms with E-state index in [1.165, 1.54) is 22.9 Å². The summed E-state index contributed by atoms with van der Waals surface area (Å²) >= 11 is 0. The van der Waals surface area contributed by atoms with Gasteiger partial charge in [-0.05, 0) is 42.0 Å². The van der Waals surface area contributed by atoms with Crippen LogP contribution in [0.2, 0.25) is 0 Å². The molecular formula is C29H17F6N5O2. The predicted octanol–water partition coefficient (Wildman–Crippen LogP) is 6.47. The van der Waals surface area contributed by atoms with E-state index in [0.29, 0.717) is 12.1 Å². The number of benzene rings is 2. The first kappa shape index (κ1) is 27.0. The van der Waals surface area contributed by atoms with E-state index >= 15 is 0 Å². The summed E-state index contributed by atoms with van der Waals surface area (Å²) in [6.45, 7) is -0.323. The second-order valence-corrected chi connectivity index (χ2v) is 9.38. The molecule has 0 radical (unpaired) electrons. The maximum absolute atomic E-state index is 14.2. The Balaban J connectivity index is 1.33. The van der Waals surface area contributed by atoms with Gasteiger partial charge in [0, 0.05) is 54.4 Å². The lowest BCUT2D eigenvalue weighted by Crippen LogP contribution is -2.14. The van der Waals surface area contributed by atoms with Crippen molar-refractivity contribution >= 4 is 21.8 Å². The van der Waals surface area contributed by atoms with Crippen LogP contribution in [-0.2, 0) is 19.3 Å². The lowest BCUT2D eigenvalue weighted by Gasteiger charge is -2.16. The zero-order valence-electron chi connectivity index (χ0n) is 21.2. The van der Waals surface area contributed by atoms with E-state index in [0.717, 1.165) is 29.4 Å². The van der Waals surface area contributed by atoms with Crippen molar-refractivity contribution < 1.29 is 31.1 Å². The molecule has 2 aromatic carbocycles. The molecular weight excluding hydrogens is 564 g/mol. The Labute approximate surface area is 232 Å². The van der Waals surface area contributed by atoms with Crippen molar-refractivity contribution in [3.8, 4) is 11.6 Å². The maximum atomic E-state index is 14.2. The van der Waals surface area contributed by atoms with Crippen LogP contribution in [0.4, 0.5) is 26.3 Å². The van der Waals surface area contributed by atoms with Gasteiger partial charge in [-0.25, -0.2) is 18.2 Å². The number of hydrogen-bond acceptors (Lipinski definition) is 5. The summed E-state index contributed by atoms with van der Waals surface area (Å²) in [5, 5.41) is 0.747. The van der Waals surface area contributed by atoms with Crippen LogP contribution in [0, 0.1) is 17.5 Å². The van der Waals surface area contributed by atoms with Gasteiger partial charge in [-0.1, -0.05) is 0 Å². The van der Waals surface area contributed by atoms with Gasteiger partial charge in [0.25, 0.3) is 5.56 Å². The Morgan fingerprint density at radius 1 is 0.833 bits per heavy atom. The Bertz CT molecular complexity index is 2010. The van der Waals surface area contributed by atoms with Gasteiger partial charge in [0.05, 0.1) is 29.3 Å². The van der Waals surface area contributed by atoms with E-state index in [1.54, 1.807) is 35.3 Å². The van der Waals surface area contributed by atoms with Gasteiger partial charge in [0.15, 0.2) is 0 Å². The number of nitrogens with zero attached hydrogens (tertiary/aromatic N) is 5. The minimum Gasteiger partial charge on any atom is -0.438 e. The molecule has 0 N–H and O–H groups in total. The summed E-state index contributed by atoms with van der Waals surface area (Å²) in [5.41, 5.74) is -1.11. The molecule has 0 unspecified atom stereocenters. The van der Waals surface area contributed by atoms with E-state index < -0.39 is 52.7 Å². The highest BCUT2D eigenvalue weighted by molar-refractivity contribution is 5.80. The fraction of sp³-hybridized carbons (Fsp3) is 0.103. The first-order chi connectivity index (χ1) is 20.1. The van der Waals surface area contributed by atoms with Gasteiger partial charge in [-0.2, -0.15) is 18.2 Å². The summed E-state index contributed by atoms with van der Waals surface area (Å²) < 4.78 is 92.4. The highest BCUT2D eigenvalue weighted by atomic mass is 19.4. The molecule has 0 saturated heterocycles. The predicted molar refractivity (Wildman–Crippen MR) is 140 cm³/mol. The van der Waals surface area contributed by atoms with Crippen LogP contribution in [0.15, 0.2) is 84.4 Å². The largest absolute Gasteiger partial charge is 0.438 e. The van der Waals surface area contributed by atoms with Crippen LogP contribution in [0.25, 0.3) is 21.8 Å². The number of fused-ring (bicyclic) bond motifs is 2. The monoisotopic (exact) mass is 581 g/mol. The molecule has 4 heterocycles. The normalized spacial score (nSPS) is 11.9. The van der Waals surface area contributed by atoms with Crippen LogP contribution in [0.5, 0.6) is 11.6 Å². The molecule has 0 bridgehead atoms. The van der Waals surface area contributed by atoms with Crippen LogP contribution in [0.3, 0.4) is 0 Å². The fourth-order valence-electron chi connectivity index (χ4n) is 4.63.